The number of ether oxygens (including phenoxy) is 1. The van der Waals surface area contributed by atoms with E-state index in [1.165, 1.54) is 0 Å². The minimum atomic E-state index is -0.473. The summed E-state index contributed by atoms with van der Waals surface area (Å²) in [5, 5.41) is 9.78. The molecule has 1 aromatic heterocycles. The van der Waals surface area contributed by atoms with Gasteiger partial charge in [-0.15, -0.1) is 0 Å². The van der Waals surface area contributed by atoms with Crippen LogP contribution in [0.4, 0.5) is 5.82 Å². The second-order valence-electron chi connectivity index (χ2n) is 4.95. The lowest BCUT2D eigenvalue weighted by Crippen LogP contribution is -2.43. The second-order valence-corrected chi connectivity index (χ2v) is 4.95. The van der Waals surface area contributed by atoms with Crippen LogP contribution < -0.4 is 4.90 Å². The lowest BCUT2D eigenvalue weighted by atomic mass is 10.1. The summed E-state index contributed by atoms with van der Waals surface area (Å²) in [5.41, 5.74) is 0.911. The molecule has 0 radical (unpaired) electrons. The monoisotopic (exact) mass is 234 g/mol. The molecular weight excluding hydrogens is 216 g/mol. The molecule has 4 nitrogen and oxygen atoms in total. The number of hydrogen-bond acceptors (Lipinski definition) is 4. The Morgan fingerprint density at radius 1 is 1.41 bits per heavy atom. The molecular formula is C13H18N2O2. The van der Waals surface area contributed by atoms with Gasteiger partial charge in [-0.1, -0.05) is 6.07 Å². The van der Waals surface area contributed by atoms with Crippen molar-refractivity contribution in [3.05, 3.63) is 23.9 Å². The van der Waals surface area contributed by atoms with E-state index in [0.29, 0.717) is 12.2 Å². The fourth-order valence-corrected chi connectivity index (χ4v) is 2.79. The molecule has 2 unspecified atom stereocenters. The molecule has 0 saturated carbocycles. The summed E-state index contributed by atoms with van der Waals surface area (Å²) in [6.07, 6.45) is 4.31. The van der Waals surface area contributed by atoms with Gasteiger partial charge in [0.25, 0.3) is 0 Å². The molecule has 4 heteroatoms. The Kier molecular flexibility index (Phi) is 2.76. The number of pyridine rings is 1. The van der Waals surface area contributed by atoms with Gasteiger partial charge in [0.1, 0.15) is 5.82 Å². The number of nitrogens with zero attached hydrogens (tertiary/aromatic N) is 2. The Labute approximate surface area is 101 Å². The van der Waals surface area contributed by atoms with Gasteiger partial charge in [-0.05, 0) is 25.8 Å². The van der Waals surface area contributed by atoms with Crippen molar-refractivity contribution in [2.24, 2.45) is 0 Å². The number of fused-ring (bicyclic) bond motifs is 2. The van der Waals surface area contributed by atoms with Crippen molar-refractivity contribution in [2.75, 3.05) is 18.0 Å². The molecule has 1 N–H and O–H groups in total. The van der Waals surface area contributed by atoms with Gasteiger partial charge in [0.2, 0.25) is 0 Å². The average Bonchev–Trinajstić information content (AvgIpc) is 2.68. The molecule has 0 spiro atoms. The van der Waals surface area contributed by atoms with E-state index < -0.39 is 6.10 Å². The van der Waals surface area contributed by atoms with E-state index >= 15 is 0 Å². The van der Waals surface area contributed by atoms with Crippen LogP contribution in [0.2, 0.25) is 0 Å². The van der Waals surface area contributed by atoms with Crippen LogP contribution in [-0.2, 0) is 4.74 Å². The third-order valence-electron chi connectivity index (χ3n) is 3.61. The predicted octanol–water partition coefficient (Wildman–Crippen LogP) is 1.50. The average molecular weight is 234 g/mol. The standard InChI is InChI=1S/C13H18N2O2/c1-9(16)12-3-2-6-14-13(12)15-7-10-4-5-11(8-15)17-10/h2-3,6,9-11,16H,4-5,7-8H2,1H3/t9-,10?,11?/m0/s1. The van der Waals surface area contributed by atoms with Crippen molar-refractivity contribution >= 4 is 5.82 Å². The van der Waals surface area contributed by atoms with E-state index in [4.69, 9.17) is 4.74 Å². The van der Waals surface area contributed by atoms with E-state index in [1.54, 1.807) is 13.1 Å². The van der Waals surface area contributed by atoms with Gasteiger partial charge in [-0.3, -0.25) is 0 Å². The summed E-state index contributed by atoms with van der Waals surface area (Å²) in [5.74, 6) is 0.919. The van der Waals surface area contributed by atoms with Crippen LogP contribution >= 0.6 is 0 Å². The Balaban J connectivity index is 1.88. The summed E-state index contributed by atoms with van der Waals surface area (Å²) < 4.78 is 5.82. The molecule has 3 atom stereocenters. The van der Waals surface area contributed by atoms with E-state index in [9.17, 15) is 5.11 Å². The number of morpholine rings is 1. The van der Waals surface area contributed by atoms with Gasteiger partial charge >= 0.3 is 0 Å². The molecule has 0 aliphatic carbocycles. The number of anilines is 1. The smallest absolute Gasteiger partial charge is 0.134 e. The fourth-order valence-electron chi connectivity index (χ4n) is 2.79. The maximum absolute atomic E-state index is 9.78. The zero-order valence-corrected chi connectivity index (χ0v) is 10.0. The summed E-state index contributed by atoms with van der Waals surface area (Å²) in [7, 11) is 0. The molecule has 0 aromatic carbocycles. The van der Waals surface area contributed by atoms with Gasteiger partial charge in [-0.25, -0.2) is 4.98 Å². The summed E-state index contributed by atoms with van der Waals surface area (Å²) in [4.78, 5) is 6.69. The number of aliphatic hydroxyl groups is 1. The minimum absolute atomic E-state index is 0.345. The highest BCUT2D eigenvalue weighted by Crippen LogP contribution is 2.31. The first kappa shape index (κ1) is 11.0. The third-order valence-corrected chi connectivity index (χ3v) is 3.61. The van der Waals surface area contributed by atoms with Crippen molar-refractivity contribution in [3.8, 4) is 0 Å². The van der Waals surface area contributed by atoms with Crippen LogP contribution in [0.25, 0.3) is 0 Å². The van der Waals surface area contributed by atoms with Crippen LogP contribution in [0.1, 0.15) is 31.4 Å². The number of rotatable bonds is 2. The largest absolute Gasteiger partial charge is 0.389 e. The van der Waals surface area contributed by atoms with Crippen LogP contribution in [0, 0.1) is 0 Å². The zero-order chi connectivity index (χ0) is 11.8. The normalized spacial score (nSPS) is 29.4. The van der Waals surface area contributed by atoms with Gasteiger partial charge in [0, 0.05) is 24.8 Å². The van der Waals surface area contributed by atoms with Crippen molar-refractivity contribution in [1.82, 2.24) is 4.98 Å². The molecule has 2 bridgehead atoms. The van der Waals surface area contributed by atoms with Crippen molar-refractivity contribution in [1.29, 1.82) is 0 Å². The van der Waals surface area contributed by atoms with E-state index in [-0.39, 0.29) is 0 Å². The molecule has 2 aliphatic heterocycles. The fraction of sp³-hybridized carbons (Fsp3) is 0.615. The lowest BCUT2D eigenvalue weighted by molar-refractivity contribution is 0.0300. The molecule has 92 valence electrons. The van der Waals surface area contributed by atoms with Crippen LogP contribution in [0.3, 0.4) is 0 Å². The molecule has 3 heterocycles. The summed E-state index contributed by atoms with van der Waals surface area (Å²) >= 11 is 0. The second kappa shape index (κ2) is 4.27. The molecule has 2 saturated heterocycles. The highest BCUT2D eigenvalue weighted by molar-refractivity contribution is 5.48. The third kappa shape index (κ3) is 2.03. The first-order chi connectivity index (χ1) is 8.24. The maximum Gasteiger partial charge on any atom is 0.134 e. The topological polar surface area (TPSA) is 45.6 Å². The quantitative estimate of drug-likeness (QED) is 0.842. The Bertz CT molecular complexity index is 396. The molecule has 0 amide bonds. The highest BCUT2D eigenvalue weighted by Gasteiger charge is 2.35. The highest BCUT2D eigenvalue weighted by atomic mass is 16.5. The SMILES string of the molecule is C[C@H](O)c1cccnc1N1CC2CCC(C1)O2. The zero-order valence-electron chi connectivity index (χ0n) is 10.0. The van der Waals surface area contributed by atoms with Crippen molar-refractivity contribution in [2.45, 2.75) is 38.1 Å². The maximum atomic E-state index is 9.78. The molecule has 3 rings (SSSR count). The van der Waals surface area contributed by atoms with E-state index in [0.717, 1.165) is 37.3 Å². The first-order valence-electron chi connectivity index (χ1n) is 6.27. The number of hydrogen-bond donors (Lipinski definition) is 1. The van der Waals surface area contributed by atoms with Crippen LogP contribution in [0.15, 0.2) is 18.3 Å². The Morgan fingerprint density at radius 2 is 2.12 bits per heavy atom. The van der Waals surface area contributed by atoms with Crippen LogP contribution in [0.5, 0.6) is 0 Å². The predicted molar refractivity (Wildman–Crippen MR) is 65.0 cm³/mol. The van der Waals surface area contributed by atoms with Crippen molar-refractivity contribution in [3.63, 3.8) is 0 Å². The van der Waals surface area contributed by atoms with Crippen molar-refractivity contribution < 1.29 is 9.84 Å². The number of aromatic nitrogens is 1. The Morgan fingerprint density at radius 3 is 2.76 bits per heavy atom. The molecule has 17 heavy (non-hydrogen) atoms. The van der Waals surface area contributed by atoms with Gasteiger partial charge in [0.05, 0.1) is 18.3 Å². The minimum Gasteiger partial charge on any atom is -0.389 e. The molecule has 2 aliphatic rings. The van der Waals surface area contributed by atoms with Gasteiger partial charge in [-0.2, -0.15) is 0 Å². The molecule has 2 fully saturated rings. The van der Waals surface area contributed by atoms with E-state index in [2.05, 4.69) is 9.88 Å². The summed E-state index contributed by atoms with van der Waals surface area (Å²) in [6.45, 7) is 3.58. The summed E-state index contributed by atoms with van der Waals surface area (Å²) in [6, 6.07) is 3.82. The Hall–Kier alpha value is -1.13. The van der Waals surface area contributed by atoms with Gasteiger partial charge in [0.15, 0.2) is 0 Å². The lowest BCUT2D eigenvalue weighted by Gasteiger charge is -2.34. The van der Waals surface area contributed by atoms with Gasteiger partial charge < -0.3 is 14.7 Å². The first-order valence-corrected chi connectivity index (χ1v) is 6.27. The number of aliphatic hydroxyl groups excluding tert-OH is 1. The molecule has 1 aromatic rings. The van der Waals surface area contributed by atoms with E-state index in [1.807, 2.05) is 12.1 Å². The van der Waals surface area contributed by atoms with Crippen LogP contribution in [-0.4, -0.2) is 35.4 Å².